The fraction of sp³-hybridized carbons (Fsp3) is 0.692. The number of hydrogen-bond donors (Lipinski definition) is 1. The minimum Gasteiger partial charge on any atom is -0.378 e. The van der Waals surface area contributed by atoms with Crippen LogP contribution in [0.3, 0.4) is 0 Å². The molecule has 5 nitrogen and oxygen atoms in total. The molecule has 2 aliphatic rings. The number of nitrogens with one attached hydrogen (secondary N) is 1. The van der Waals surface area contributed by atoms with Crippen molar-refractivity contribution in [2.24, 2.45) is 0 Å². The SMILES string of the molecule is O=c1[nH]c(CC2CCCCO2)nc2c1COCC2. The maximum absolute atomic E-state index is 11.9. The van der Waals surface area contributed by atoms with E-state index < -0.39 is 0 Å². The van der Waals surface area contributed by atoms with Crippen molar-refractivity contribution in [2.75, 3.05) is 13.2 Å². The van der Waals surface area contributed by atoms with Crippen LogP contribution in [-0.2, 0) is 28.9 Å². The van der Waals surface area contributed by atoms with Crippen molar-refractivity contribution in [2.45, 2.75) is 44.8 Å². The number of aromatic nitrogens is 2. The molecule has 0 spiro atoms. The third kappa shape index (κ3) is 2.47. The fourth-order valence-corrected chi connectivity index (χ4v) is 2.58. The standard InChI is InChI=1S/C13H18N2O3/c16-13-10-8-17-6-4-11(10)14-12(15-13)7-9-3-1-2-5-18-9/h9H,1-8H2,(H,14,15,16). The van der Waals surface area contributed by atoms with Crippen molar-refractivity contribution in [1.82, 2.24) is 9.97 Å². The summed E-state index contributed by atoms with van der Waals surface area (Å²) in [6.45, 7) is 1.87. The number of aromatic amines is 1. The highest BCUT2D eigenvalue weighted by Gasteiger charge is 2.19. The Kier molecular flexibility index (Phi) is 3.43. The van der Waals surface area contributed by atoms with Crippen LogP contribution in [0.2, 0.25) is 0 Å². The number of hydrogen-bond acceptors (Lipinski definition) is 4. The number of ether oxygens (including phenoxy) is 2. The first kappa shape index (κ1) is 11.9. The summed E-state index contributed by atoms with van der Waals surface area (Å²) in [5.41, 5.74) is 1.54. The van der Waals surface area contributed by atoms with Gasteiger partial charge in [0.15, 0.2) is 0 Å². The van der Waals surface area contributed by atoms with Crippen LogP contribution in [0.5, 0.6) is 0 Å². The zero-order valence-electron chi connectivity index (χ0n) is 10.4. The topological polar surface area (TPSA) is 64.2 Å². The first-order valence-electron chi connectivity index (χ1n) is 6.63. The van der Waals surface area contributed by atoms with E-state index in [-0.39, 0.29) is 11.7 Å². The zero-order valence-corrected chi connectivity index (χ0v) is 10.4. The maximum atomic E-state index is 11.9. The van der Waals surface area contributed by atoms with E-state index >= 15 is 0 Å². The maximum Gasteiger partial charge on any atom is 0.256 e. The number of fused-ring (bicyclic) bond motifs is 1. The van der Waals surface area contributed by atoms with Crippen LogP contribution in [0.15, 0.2) is 4.79 Å². The molecule has 0 saturated carbocycles. The molecule has 1 saturated heterocycles. The van der Waals surface area contributed by atoms with E-state index in [4.69, 9.17) is 9.47 Å². The summed E-state index contributed by atoms with van der Waals surface area (Å²) < 4.78 is 11.0. The van der Waals surface area contributed by atoms with E-state index in [1.807, 2.05) is 0 Å². The smallest absolute Gasteiger partial charge is 0.256 e. The van der Waals surface area contributed by atoms with Gasteiger partial charge in [-0.3, -0.25) is 4.79 Å². The van der Waals surface area contributed by atoms with Gasteiger partial charge in [-0.2, -0.15) is 0 Å². The van der Waals surface area contributed by atoms with Crippen molar-refractivity contribution in [3.8, 4) is 0 Å². The van der Waals surface area contributed by atoms with Crippen molar-refractivity contribution < 1.29 is 9.47 Å². The van der Waals surface area contributed by atoms with Crippen LogP contribution >= 0.6 is 0 Å². The van der Waals surface area contributed by atoms with Crippen LogP contribution in [-0.4, -0.2) is 29.3 Å². The van der Waals surface area contributed by atoms with Crippen molar-refractivity contribution in [1.29, 1.82) is 0 Å². The first-order valence-corrected chi connectivity index (χ1v) is 6.63. The summed E-state index contributed by atoms with van der Waals surface area (Å²) in [5.74, 6) is 0.757. The van der Waals surface area contributed by atoms with Gasteiger partial charge in [-0.1, -0.05) is 0 Å². The Morgan fingerprint density at radius 2 is 2.28 bits per heavy atom. The predicted octanol–water partition coefficient (Wildman–Crippen LogP) is 0.954. The second kappa shape index (κ2) is 5.20. The Labute approximate surface area is 106 Å². The van der Waals surface area contributed by atoms with Gasteiger partial charge in [0.05, 0.1) is 30.6 Å². The number of H-pyrrole nitrogens is 1. The van der Waals surface area contributed by atoms with Gasteiger partial charge in [-0.05, 0) is 19.3 Å². The van der Waals surface area contributed by atoms with Gasteiger partial charge in [0.1, 0.15) is 5.82 Å². The van der Waals surface area contributed by atoms with Gasteiger partial charge in [0.2, 0.25) is 0 Å². The molecule has 2 aliphatic heterocycles. The second-order valence-corrected chi connectivity index (χ2v) is 4.93. The fourth-order valence-electron chi connectivity index (χ4n) is 2.58. The second-order valence-electron chi connectivity index (χ2n) is 4.93. The third-order valence-electron chi connectivity index (χ3n) is 3.57. The Bertz CT molecular complexity index is 478. The summed E-state index contributed by atoms with van der Waals surface area (Å²) in [5, 5.41) is 0. The largest absolute Gasteiger partial charge is 0.378 e. The molecule has 0 aliphatic carbocycles. The van der Waals surface area contributed by atoms with E-state index in [1.54, 1.807) is 0 Å². The minimum absolute atomic E-state index is 0.0505. The lowest BCUT2D eigenvalue weighted by Gasteiger charge is -2.22. The van der Waals surface area contributed by atoms with Gasteiger partial charge in [-0.15, -0.1) is 0 Å². The van der Waals surface area contributed by atoms with E-state index in [0.29, 0.717) is 25.2 Å². The molecular formula is C13H18N2O3. The molecule has 3 rings (SSSR count). The predicted molar refractivity (Wildman–Crippen MR) is 65.5 cm³/mol. The summed E-state index contributed by atoms with van der Waals surface area (Å²) >= 11 is 0. The van der Waals surface area contributed by atoms with Crippen LogP contribution in [0.25, 0.3) is 0 Å². The molecule has 1 aromatic heterocycles. The van der Waals surface area contributed by atoms with Crippen LogP contribution in [0.1, 0.15) is 36.3 Å². The van der Waals surface area contributed by atoms with Crippen LogP contribution in [0.4, 0.5) is 0 Å². The Hall–Kier alpha value is -1.20. The van der Waals surface area contributed by atoms with Gasteiger partial charge in [-0.25, -0.2) is 4.98 Å². The minimum atomic E-state index is -0.0505. The molecule has 1 unspecified atom stereocenters. The molecule has 98 valence electrons. The molecule has 18 heavy (non-hydrogen) atoms. The molecule has 1 N–H and O–H groups in total. The lowest BCUT2D eigenvalue weighted by molar-refractivity contribution is 0.0155. The average molecular weight is 250 g/mol. The van der Waals surface area contributed by atoms with E-state index in [0.717, 1.165) is 37.4 Å². The Morgan fingerprint density at radius 3 is 3.11 bits per heavy atom. The van der Waals surface area contributed by atoms with Crippen molar-refractivity contribution >= 4 is 0 Å². The molecule has 1 fully saturated rings. The van der Waals surface area contributed by atoms with Crippen molar-refractivity contribution in [3.05, 3.63) is 27.4 Å². The lowest BCUT2D eigenvalue weighted by Crippen LogP contribution is -2.28. The quantitative estimate of drug-likeness (QED) is 0.849. The molecule has 1 atom stereocenters. The molecule has 0 bridgehead atoms. The van der Waals surface area contributed by atoms with Gasteiger partial charge < -0.3 is 14.5 Å². The third-order valence-corrected chi connectivity index (χ3v) is 3.57. The van der Waals surface area contributed by atoms with Crippen LogP contribution < -0.4 is 5.56 Å². The van der Waals surface area contributed by atoms with Crippen LogP contribution in [0, 0.1) is 0 Å². The average Bonchev–Trinajstić information content (AvgIpc) is 2.40. The Morgan fingerprint density at radius 1 is 1.33 bits per heavy atom. The number of rotatable bonds is 2. The molecule has 0 radical (unpaired) electrons. The van der Waals surface area contributed by atoms with Crippen molar-refractivity contribution in [3.63, 3.8) is 0 Å². The first-order chi connectivity index (χ1) is 8.83. The highest BCUT2D eigenvalue weighted by molar-refractivity contribution is 5.19. The normalized spacial score (nSPS) is 23.7. The van der Waals surface area contributed by atoms with E-state index in [9.17, 15) is 4.79 Å². The Balaban J connectivity index is 1.80. The van der Waals surface area contributed by atoms with Gasteiger partial charge in [0.25, 0.3) is 5.56 Å². The highest BCUT2D eigenvalue weighted by Crippen LogP contribution is 2.16. The van der Waals surface area contributed by atoms with Gasteiger partial charge in [0, 0.05) is 19.4 Å². The summed E-state index contributed by atoms with van der Waals surface area (Å²) in [7, 11) is 0. The van der Waals surface area contributed by atoms with E-state index in [2.05, 4.69) is 9.97 Å². The summed E-state index contributed by atoms with van der Waals surface area (Å²) in [4.78, 5) is 19.3. The molecule has 0 amide bonds. The summed E-state index contributed by atoms with van der Waals surface area (Å²) in [6, 6.07) is 0. The molecule has 5 heteroatoms. The summed E-state index contributed by atoms with van der Waals surface area (Å²) in [6.07, 6.45) is 5.06. The molecule has 0 aromatic carbocycles. The highest BCUT2D eigenvalue weighted by atomic mass is 16.5. The number of nitrogens with zero attached hydrogens (tertiary/aromatic N) is 1. The molecule has 3 heterocycles. The molecular weight excluding hydrogens is 232 g/mol. The lowest BCUT2D eigenvalue weighted by atomic mass is 10.1. The zero-order chi connectivity index (χ0) is 12.4. The monoisotopic (exact) mass is 250 g/mol. The molecule has 1 aromatic rings. The van der Waals surface area contributed by atoms with Gasteiger partial charge >= 0.3 is 0 Å². The van der Waals surface area contributed by atoms with E-state index in [1.165, 1.54) is 6.42 Å².